The summed E-state index contributed by atoms with van der Waals surface area (Å²) < 4.78 is 5.29. The van der Waals surface area contributed by atoms with Crippen molar-refractivity contribution < 1.29 is 19.4 Å². The number of hydrogen-bond donors (Lipinski definition) is 2. The maximum atomic E-state index is 12.6. The topological polar surface area (TPSA) is 77.2 Å². The Kier molecular flexibility index (Phi) is 5.59. The van der Waals surface area contributed by atoms with E-state index in [9.17, 15) is 15.0 Å². The number of aliphatic hydroxyl groups is 2. The molecule has 2 heterocycles. The normalized spacial score (nSPS) is 41.5. The highest BCUT2D eigenvalue weighted by Crippen LogP contribution is 2.66. The Bertz CT molecular complexity index is 1040. The highest BCUT2D eigenvalue weighted by Gasteiger charge is 2.62. The average molecular weight is 481 g/mol. The fourth-order valence-electron chi connectivity index (χ4n) is 8.39. The molecular weight excluding hydrogens is 440 g/mol. The van der Waals surface area contributed by atoms with Crippen LogP contribution in [0.2, 0.25) is 0 Å². The zero-order valence-electron chi connectivity index (χ0n) is 21.2. The van der Waals surface area contributed by atoms with E-state index in [0.717, 1.165) is 58.0 Å². The van der Waals surface area contributed by atoms with Gasteiger partial charge in [-0.3, -0.25) is 9.69 Å². The number of hydrogen-bond acceptors (Lipinski definition) is 5. The summed E-state index contributed by atoms with van der Waals surface area (Å²) in [6, 6.07) is 3.47. The molecule has 4 aliphatic carbocycles. The molecule has 190 valence electrons. The summed E-state index contributed by atoms with van der Waals surface area (Å²) in [6.07, 6.45) is 12.9. The lowest BCUT2D eigenvalue weighted by Crippen LogP contribution is -2.58. The molecule has 1 amide bonds. The Morgan fingerprint density at radius 2 is 1.83 bits per heavy atom. The van der Waals surface area contributed by atoms with Gasteiger partial charge in [0.25, 0.3) is 5.91 Å². The summed E-state index contributed by atoms with van der Waals surface area (Å²) in [4.78, 5) is 16.9. The molecule has 1 saturated heterocycles. The van der Waals surface area contributed by atoms with Crippen molar-refractivity contribution in [1.82, 2.24) is 9.80 Å². The molecule has 1 aromatic rings. The molecule has 6 nitrogen and oxygen atoms in total. The average Bonchev–Trinajstić information content (AvgIpc) is 3.47. The zero-order valence-corrected chi connectivity index (χ0v) is 21.2. The van der Waals surface area contributed by atoms with Crippen LogP contribution >= 0.6 is 0 Å². The van der Waals surface area contributed by atoms with Gasteiger partial charge >= 0.3 is 0 Å². The molecule has 4 fully saturated rings. The van der Waals surface area contributed by atoms with Crippen LogP contribution in [0.1, 0.15) is 69.3 Å². The van der Waals surface area contributed by atoms with E-state index in [1.165, 1.54) is 5.57 Å². The van der Waals surface area contributed by atoms with Gasteiger partial charge in [-0.15, -0.1) is 0 Å². The van der Waals surface area contributed by atoms with Crippen LogP contribution in [0, 0.1) is 22.7 Å². The lowest BCUT2D eigenvalue weighted by molar-refractivity contribution is -0.105. The molecule has 3 saturated carbocycles. The van der Waals surface area contributed by atoms with Crippen LogP contribution in [0.25, 0.3) is 0 Å². The van der Waals surface area contributed by atoms with Crippen LogP contribution in [0.5, 0.6) is 0 Å². The van der Waals surface area contributed by atoms with Crippen LogP contribution in [0.3, 0.4) is 0 Å². The van der Waals surface area contributed by atoms with Gasteiger partial charge in [0.2, 0.25) is 0 Å². The first-order valence-corrected chi connectivity index (χ1v) is 13.6. The van der Waals surface area contributed by atoms with E-state index in [1.54, 1.807) is 24.0 Å². The van der Waals surface area contributed by atoms with Gasteiger partial charge in [-0.25, -0.2) is 0 Å². The predicted octanol–water partition coefficient (Wildman–Crippen LogP) is 4.01. The second kappa shape index (κ2) is 8.32. The predicted molar refractivity (Wildman–Crippen MR) is 134 cm³/mol. The SMILES string of the molecule is C[C@]12CC[C@H](O)CC1=CC=C1[C@@H]2CC[C@@]2(C)[C@H]1CC[C@@]2(O)CN1CCN(C(=O)c2ccco2)CC1. The van der Waals surface area contributed by atoms with Gasteiger partial charge in [-0.2, -0.15) is 0 Å². The molecule has 0 bridgehead atoms. The quantitative estimate of drug-likeness (QED) is 0.684. The number of carbonyl (C=O) groups excluding carboxylic acids is 1. The number of aliphatic hydroxyl groups excluding tert-OH is 1. The summed E-state index contributed by atoms with van der Waals surface area (Å²) in [6.45, 7) is 8.35. The summed E-state index contributed by atoms with van der Waals surface area (Å²) >= 11 is 0. The first-order chi connectivity index (χ1) is 16.7. The highest BCUT2D eigenvalue weighted by atomic mass is 16.3. The van der Waals surface area contributed by atoms with Crippen molar-refractivity contribution in [3.63, 3.8) is 0 Å². The largest absolute Gasteiger partial charge is 0.459 e. The van der Waals surface area contributed by atoms with Gasteiger partial charge in [-0.05, 0) is 74.3 Å². The van der Waals surface area contributed by atoms with Crippen LogP contribution < -0.4 is 0 Å². The fourth-order valence-corrected chi connectivity index (χ4v) is 8.39. The molecule has 0 aromatic carbocycles. The van der Waals surface area contributed by atoms with E-state index < -0.39 is 5.60 Å². The first kappa shape index (κ1) is 23.5. The van der Waals surface area contributed by atoms with Crippen molar-refractivity contribution in [3.05, 3.63) is 47.5 Å². The number of rotatable bonds is 3. The molecule has 5 aliphatic rings. The van der Waals surface area contributed by atoms with E-state index in [1.807, 2.05) is 4.90 Å². The number of amides is 1. The maximum absolute atomic E-state index is 12.6. The Hall–Kier alpha value is -1.89. The molecule has 0 unspecified atom stereocenters. The lowest BCUT2D eigenvalue weighted by Gasteiger charge is -2.56. The Balaban J connectivity index is 1.16. The lowest BCUT2D eigenvalue weighted by atomic mass is 9.50. The van der Waals surface area contributed by atoms with Gasteiger partial charge in [0.05, 0.1) is 18.0 Å². The molecule has 35 heavy (non-hydrogen) atoms. The molecule has 6 heteroatoms. The van der Waals surface area contributed by atoms with Crippen LogP contribution in [0.4, 0.5) is 0 Å². The smallest absolute Gasteiger partial charge is 0.289 e. The molecule has 6 rings (SSSR count). The Morgan fingerprint density at radius 1 is 1.06 bits per heavy atom. The number of carbonyl (C=O) groups is 1. The summed E-state index contributed by atoms with van der Waals surface area (Å²) in [5.41, 5.74) is 2.34. The van der Waals surface area contributed by atoms with E-state index >= 15 is 0 Å². The summed E-state index contributed by atoms with van der Waals surface area (Å²) in [7, 11) is 0. The minimum atomic E-state index is -0.704. The highest BCUT2D eigenvalue weighted by molar-refractivity contribution is 5.91. The monoisotopic (exact) mass is 480 g/mol. The molecule has 1 aromatic heterocycles. The minimum absolute atomic E-state index is 0.0417. The van der Waals surface area contributed by atoms with Gasteiger partial charge < -0.3 is 19.5 Å². The molecule has 1 aliphatic heterocycles. The molecular formula is C29H40N2O4. The van der Waals surface area contributed by atoms with E-state index in [0.29, 0.717) is 37.2 Å². The number of piperazine rings is 1. The number of furan rings is 1. The van der Waals surface area contributed by atoms with Crippen molar-refractivity contribution >= 4 is 5.91 Å². The van der Waals surface area contributed by atoms with Gasteiger partial charge in [0.1, 0.15) is 0 Å². The van der Waals surface area contributed by atoms with E-state index in [2.05, 4.69) is 30.9 Å². The van der Waals surface area contributed by atoms with Crippen molar-refractivity contribution in [3.8, 4) is 0 Å². The zero-order chi connectivity index (χ0) is 24.4. The number of fused-ring (bicyclic) bond motifs is 5. The third-order valence-corrected chi connectivity index (χ3v) is 10.7. The molecule has 6 atom stereocenters. The van der Waals surface area contributed by atoms with Crippen LogP contribution in [-0.4, -0.2) is 70.3 Å². The number of β-amino-alcohol motifs (C(OH)–C–C–N with tert-alkyl or cyclic N) is 1. The molecule has 2 N–H and O–H groups in total. The minimum Gasteiger partial charge on any atom is -0.459 e. The summed E-state index contributed by atoms with van der Waals surface area (Å²) in [5.74, 6) is 1.33. The van der Waals surface area contributed by atoms with E-state index in [4.69, 9.17) is 4.42 Å². The van der Waals surface area contributed by atoms with E-state index in [-0.39, 0.29) is 22.8 Å². The fraction of sp³-hybridized carbons (Fsp3) is 0.690. The third kappa shape index (κ3) is 3.59. The standard InChI is InChI=1S/C29H40N2O4/c1-27-10-7-21(32)18-20(27)5-6-22-23(27)8-11-28(2)24(22)9-12-29(28,34)19-30-13-15-31(16-14-30)26(33)25-4-3-17-35-25/h3-6,17,21,23-24,32,34H,7-16,18-19H2,1-2H3/t21-,23-,24-,27-,28-,29+/m0/s1. The second-order valence-corrected chi connectivity index (χ2v) is 12.3. The van der Waals surface area contributed by atoms with Crippen molar-refractivity contribution in [2.45, 2.75) is 70.5 Å². The van der Waals surface area contributed by atoms with Crippen molar-refractivity contribution in [2.75, 3.05) is 32.7 Å². The number of nitrogens with zero attached hydrogens (tertiary/aromatic N) is 2. The molecule has 0 spiro atoms. The Morgan fingerprint density at radius 3 is 2.57 bits per heavy atom. The van der Waals surface area contributed by atoms with Crippen molar-refractivity contribution in [1.29, 1.82) is 0 Å². The maximum Gasteiger partial charge on any atom is 0.289 e. The van der Waals surface area contributed by atoms with Gasteiger partial charge in [-0.1, -0.05) is 37.1 Å². The van der Waals surface area contributed by atoms with Crippen LogP contribution in [-0.2, 0) is 0 Å². The van der Waals surface area contributed by atoms with Gasteiger partial charge in [0.15, 0.2) is 5.76 Å². The molecule has 0 radical (unpaired) electrons. The summed E-state index contributed by atoms with van der Waals surface area (Å²) in [5, 5.41) is 22.4. The van der Waals surface area contributed by atoms with Crippen molar-refractivity contribution in [2.24, 2.45) is 22.7 Å². The Labute approximate surface area is 208 Å². The third-order valence-electron chi connectivity index (χ3n) is 10.7. The second-order valence-electron chi connectivity index (χ2n) is 12.3. The van der Waals surface area contributed by atoms with Gasteiger partial charge in [0, 0.05) is 38.1 Å². The number of allylic oxidation sites excluding steroid dienone is 3. The first-order valence-electron chi connectivity index (χ1n) is 13.6. The van der Waals surface area contributed by atoms with Crippen LogP contribution in [0.15, 0.2) is 46.1 Å².